The Morgan fingerprint density at radius 1 is 1.19 bits per heavy atom. The van der Waals surface area contributed by atoms with Crippen molar-refractivity contribution in [1.29, 1.82) is 0 Å². The minimum atomic E-state index is -0.890. The van der Waals surface area contributed by atoms with Crippen molar-refractivity contribution in [3.8, 4) is 0 Å². The first-order chi connectivity index (χ1) is 13.0. The Balaban J connectivity index is 1.96. The summed E-state index contributed by atoms with van der Waals surface area (Å²) in [5, 5.41) is 2.92. The molecule has 2 unspecified atom stereocenters. The van der Waals surface area contributed by atoms with E-state index in [4.69, 9.17) is 10.5 Å². The van der Waals surface area contributed by atoms with Crippen LogP contribution < -0.4 is 15.5 Å². The van der Waals surface area contributed by atoms with Crippen LogP contribution in [0.1, 0.15) is 32.1 Å². The van der Waals surface area contributed by atoms with Crippen molar-refractivity contribution in [2.75, 3.05) is 26.3 Å². The molecule has 7 nitrogen and oxygen atoms in total. The second-order valence-electron chi connectivity index (χ2n) is 6.98. The van der Waals surface area contributed by atoms with Crippen LogP contribution >= 0.6 is 0 Å². The summed E-state index contributed by atoms with van der Waals surface area (Å²) in [6.07, 6.45) is 4.88. The Labute approximate surface area is 158 Å². The van der Waals surface area contributed by atoms with Crippen molar-refractivity contribution < 1.29 is 18.7 Å². The number of amidine groups is 1. The summed E-state index contributed by atoms with van der Waals surface area (Å²) in [6, 6.07) is 4.34. The van der Waals surface area contributed by atoms with E-state index in [-0.39, 0.29) is 23.7 Å². The molecule has 27 heavy (non-hydrogen) atoms. The van der Waals surface area contributed by atoms with Gasteiger partial charge in [-0.2, -0.15) is 4.48 Å². The fourth-order valence-electron chi connectivity index (χ4n) is 3.74. The maximum Gasteiger partial charge on any atom is 0.427 e. The number of urea groups is 1. The summed E-state index contributed by atoms with van der Waals surface area (Å²) in [4.78, 5) is 30.1. The van der Waals surface area contributed by atoms with Crippen LogP contribution in [-0.4, -0.2) is 50.1 Å². The lowest BCUT2D eigenvalue weighted by Gasteiger charge is -2.42. The van der Waals surface area contributed by atoms with Crippen LogP contribution in [0.25, 0.3) is 0 Å². The molecule has 2 heterocycles. The fourth-order valence-corrected chi connectivity index (χ4v) is 3.74. The number of aliphatic imine (C=N–C) groups is 1. The molecule has 0 aromatic heterocycles. The number of ether oxygens (including phenoxy) is 1. The van der Waals surface area contributed by atoms with Crippen molar-refractivity contribution in [2.45, 2.75) is 38.1 Å². The maximum absolute atomic E-state index is 13.4. The lowest BCUT2D eigenvalue weighted by Crippen LogP contribution is -2.72. The molecule has 3 N–H and O–H groups in total. The number of amides is 3. The zero-order valence-electron chi connectivity index (χ0n) is 15.3. The Morgan fingerprint density at radius 2 is 1.93 bits per heavy atom. The molecular formula is C19H26FN4O3+. The normalized spacial score (nSPS) is 26.4. The van der Waals surface area contributed by atoms with Gasteiger partial charge in [0.2, 0.25) is 6.04 Å². The molecule has 2 atom stereocenters. The molecule has 8 heteroatoms. The molecule has 1 saturated heterocycles. The lowest BCUT2D eigenvalue weighted by molar-refractivity contribution is -0.126. The molecule has 0 radical (unpaired) electrons. The third kappa shape index (κ3) is 4.17. The molecule has 146 valence electrons. The molecule has 3 rings (SSSR count). The van der Waals surface area contributed by atoms with E-state index in [0.717, 1.165) is 25.7 Å². The minimum Gasteiger partial charge on any atom is -0.369 e. The topological polar surface area (TPSA) is 93.8 Å². The molecule has 1 aromatic rings. The molecule has 1 fully saturated rings. The highest BCUT2D eigenvalue weighted by Crippen LogP contribution is 2.30. The van der Waals surface area contributed by atoms with E-state index in [0.29, 0.717) is 31.1 Å². The van der Waals surface area contributed by atoms with Crippen molar-refractivity contribution >= 4 is 23.5 Å². The van der Waals surface area contributed by atoms with Crippen LogP contribution in [0.3, 0.4) is 0 Å². The Morgan fingerprint density at radius 3 is 2.67 bits per heavy atom. The number of nitrogens with zero attached hydrogens (tertiary/aromatic N) is 2. The Bertz CT molecular complexity index is 722. The highest BCUT2D eigenvalue weighted by molar-refractivity contribution is 6.04. The van der Waals surface area contributed by atoms with Crippen LogP contribution in [0.4, 0.5) is 14.9 Å². The van der Waals surface area contributed by atoms with Crippen molar-refractivity contribution in [3.63, 3.8) is 0 Å². The third-order valence-electron chi connectivity index (χ3n) is 5.25. The summed E-state index contributed by atoms with van der Waals surface area (Å²) in [5.74, 6) is -0.409. The number of benzene rings is 1. The van der Waals surface area contributed by atoms with Gasteiger partial charge in [-0.05, 0) is 25.0 Å². The number of morpholine rings is 1. The van der Waals surface area contributed by atoms with Gasteiger partial charge >= 0.3 is 6.03 Å². The predicted octanol–water partition coefficient (Wildman–Crippen LogP) is 2.09. The monoisotopic (exact) mass is 377 g/mol. The molecule has 0 bridgehead atoms. The molecule has 2 aliphatic rings. The summed E-state index contributed by atoms with van der Waals surface area (Å²) in [6.45, 7) is 1.24. The molecule has 0 spiro atoms. The average Bonchev–Trinajstić information content (AvgIpc) is 2.64. The molecule has 1 aromatic carbocycles. The van der Waals surface area contributed by atoms with Crippen molar-refractivity contribution in [2.24, 2.45) is 10.7 Å². The number of hydrogen-bond donors (Lipinski definition) is 2. The number of halogens is 1. The van der Waals surface area contributed by atoms with Crippen LogP contribution in [0.5, 0.6) is 0 Å². The lowest BCUT2D eigenvalue weighted by atomic mass is 10.1. The van der Waals surface area contributed by atoms with Gasteiger partial charge in [-0.3, -0.25) is 15.1 Å². The van der Waals surface area contributed by atoms with Gasteiger partial charge in [0.1, 0.15) is 30.5 Å². The maximum atomic E-state index is 13.4. The zero-order chi connectivity index (χ0) is 19.3. The van der Waals surface area contributed by atoms with Crippen LogP contribution in [0.2, 0.25) is 0 Å². The Kier molecular flexibility index (Phi) is 6.18. The van der Waals surface area contributed by atoms with E-state index in [9.17, 15) is 14.0 Å². The third-order valence-corrected chi connectivity index (χ3v) is 5.25. The first-order valence-corrected chi connectivity index (χ1v) is 9.40. The van der Waals surface area contributed by atoms with Gasteiger partial charge in [-0.25, -0.2) is 9.18 Å². The van der Waals surface area contributed by atoms with E-state index < -0.39 is 17.8 Å². The number of nitrogens with one attached hydrogen (secondary N) is 1. The van der Waals surface area contributed by atoms with E-state index in [2.05, 4.69) is 10.3 Å². The number of nitrogens with two attached hydrogens (primary N) is 1. The summed E-state index contributed by atoms with van der Waals surface area (Å²) < 4.78 is 18.5. The van der Waals surface area contributed by atoms with Gasteiger partial charge in [-0.1, -0.05) is 12.8 Å². The van der Waals surface area contributed by atoms with E-state index >= 15 is 0 Å². The van der Waals surface area contributed by atoms with E-state index in [1.54, 1.807) is 0 Å². The van der Waals surface area contributed by atoms with Gasteiger partial charge in [-0.15, -0.1) is 0 Å². The average molecular weight is 377 g/mol. The van der Waals surface area contributed by atoms with Crippen LogP contribution in [0.15, 0.2) is 29.3 Å². The number of quaternary nitrogens is 1. The Hall–Kier alpha value is -2.32. The fraction of sp³-hybridized carbons (Fsp3) is 0.526. The highest BCUT2D eigenvalue weighted by atomic mass is 19.1. The molecular weight excluding hydrogens is 351 g/mol. The van der Waals surface area contributed by atoms with Crippen LogP contribution in [-0.2, 0) is 9.53 Å². The molecule has 0 saturated carbocycles. The molecule has 2 aliphatic heterocycles. The van der Waals surface area contributed by atoms with Crippen molar-refractivity contribution in [1.82, 2.24) is 9.80 Å². The highest BCUT2D eigenvalue weighted by Gasteiger charge is 2.52. The van der Waals surface area contributed by atoms with E-state index in [1.165, 1.54) is 24.3 Å². The van der Waals surface area contributed by atoms with Gasteiger partial charge in [0.05, 0.1) is 6.61 Å². The second kappa shape index (κ2) is 8.58. The first-order valence-electron chi connectivity index (χ1n) is 9.40. The quantitative estimate of drug-likeness (QED) is 0.773. The SMILES string of the molecule is NC(=O)C1COCC[N+]1(C(=O)NC1=NCCCCCC1)c1ccc(F)cc1. The molecule has 3 amide bonds. The number of primary amides is 1. The number of hydrogen-bond acceptors (Lipinski definition) is 4. The van der Waals surface area contributed by atoms with Gasteiger partial charge in [0.15, 0.2) is 0 Å². The number of rotatable bonds is 2. The summed E-state index contributed by atoms with van der Waals surface area (Å²) in [7, 11) is 0. The first kappa shape index (κ1) is 19.4. The number of carbonyl (C=O) groups is 2. The smallest absolute Gasteiger partial charge is 0.369 e. The predicted molar refractivity (Wildman–Crippen MR) is 101 cm³/mol. The number of carbonyl (C=O) groups excluding carboxylic acids is 2. The molecule has 0 aliphatic carbocycles. The van der Waals surface area contributed by atoms with Gasteiger partial charge in [0.25, 0.3) is 5.91 Å². The van der Waals surface area contributed by atoms with Crippen molar-refractivity contribution in [3.05, 3.63) is 30.1 Å². The van der Waals surface area contributed by atoms with Gasteiger partial charge in [0, 0.05) is 25.1 Å². The zero-order valence-corrected chi connectivity index (χ0v) is 15.3. The second-order valence-corrected chi connectivity index (χ2v) is 6.98. The summed E-state index contributed by atoms with van der Waals surface area (Å²) in [5.41, 5.74) is 6.11. The van der Waals surface area contributed by atoms with Gasteiger partial charge < -0.3 is 10.5 Å². The van der Waals surface area contributed by atoms with Crippen LogP contribution in [0, 0.1) is 5.82 Å². The largest absolute Gasteiger partial charge is 0.427 e. The summed E-state index contributed by atoms with van der Waals surface area (Å²) >= 11 is 0. The van der Waals surface area contributed by atoms with E-state index in [1.807, 2.05) is 0 Å². The minimum absolute atomic E-state index is 0.0343. The standard InChI is InChI=1S/C19H25FN4O3/c20-14-6-8-15(9-7-14)24(11-12-27-13-16(24)18(21)25)19(26)23-17-5-3-1-2-4-10-22-17/h6-9,16H,1-5,10-13H2,(H2-,21,22,23,25,26)/p+1.